The lowest BCUT2D eigenvalue weighted by atomic mass is 9.88. The molecule has 1 heteroatoms. The third kappa shape index (κ3) is 0.988. The summed E-state index contributed by atoms with van der Waals surface area (Å²) < 4.78 is 0. The van der Waals surface area contributed by atoms with Crippen LogP contribution in [0.15, 0.2) is 12.7 Å². The highest BCUT2D eigenvalue weighted by Crippen LogP contribution is 2.51. The van der Waals surface area contributed by atoms with E-state index in [1.165, 1.54) is 25.8 Å². The highest BCUT2D eigenvalue weighted by Gasteiger charge is 2.45. The molecule has 1 aliphatic heterocycles. The first-order chi connectivity index (χ1) is 4.85. The third-order valence-electron chi connectivity index (χ3n) is 2.89. The summed E-state index contributed by atoms with van der Waals surface area (Å²) in [5.74, 6) is 0.747. The van der Waals surface area contributed by atoms with E-state index in [0.29, 0.717) is 0 Å². The molecule has 1 heterocycles. The Labute approximate surface area is 62.5 Å². The van der Waals surface area contributed by atoms with Crippen LogP contribution in [0.1, 0.15) is 19.3 Å². The summed E-state index contributed by atoms with van der Waals surface area (Å²) in [7, 11) is 0. The van der Waals surface area contributed by atoms with Crippen molar-refractivity contribution in [2.45, 2.75) is 19.3 Å². The predicted octanol–water partition coefficient (Wildman–Crippen LogP) is 1.56. The molecule has 56 valence electrons. The molecule has 2 rings (SSSR count). The molecule has 0 aromatic heterocycles. The van der Waals surface area contributed by atoms with Gasteiger partial charge in [-0.05, 0) is 30.6 Å². The topological polar surface area (TPSA) is 12.0 Å². The molecule has 2 aliphatic rings. The van der Waals surface area contributed by atoms with Crippen LogP contribution in [0.2, 0.25) is 0 Å². The molecule has 1 N–H and O–H groups in total. The van der Waals surface area contributed by atoms with E-state index in [9.17, 15) is 0 Å². The van der Waals surface area contributed by atoms with Crippen LogP contribution in [0, 0.1) is 11.3 Å². The van der Waals surface area contributed by atoms with Crippen LogP contribution in [0.5, 0.6) is 0 Å². The average molecular weight is 137 g/mol. The molecule has 0 aromatic carbocycles. The molecular weight excluding hydrogens is 122 g/mol. The second-order valence-corrected chi connectivity index (χ2v) is 3.83. The number of nitrogens with one attached hydrogen (secondary N) is 1. The highest BCUT2D eigenvalue weighted by molar-refractivity contribution is 5.02. The van der Waals surface area contributed by atoms with Gasteiger partial charge in [0.1, 0.15) is 0 Å². The van der Waals surface area contributed by atoms with Gasteiger partial charge in [0.25, 0.3) is 0 Å². The van der Waals surface area contributed by atoms with E-state index >= 15 is 0 Å². The maximum Gasteiger partial charge on any atom is 0.00145 e. The number of hydrogen-bond donors (Lipinski definition) is 1. The molecule has 1 nitrogen and oxygen atoms in total. The Hall–Kier alpha value is -0.300. The molecule has 0 amide bonds. The summed E-state index contributed by atoms with van der Waals surface area (Å²) in [4.78, 5) is 0. The van der Waals surface area contributed by atoms with E-state index in [2.05, 4.69) is 18.0 Å². The van der Waals surface area contributed by atoms with Gasteiger partial charge in [-0.25, -0.2) is 0 Å². The van der Waals surface area contributed by atoms with Crippen LogP contribution in [0.25, 0.3) is 0 Å². The fraction of sp³-hybridized carbons (Fsp3) is 0.778. The largest absolute Gasteiger partial charge is 0.316 e. The van der Waals surface area contributed by atoms with E-state index in [1.807, 2.05) is 0 Å². The molecule has 1 saturated heterocycles. The predicted molar refractivity (Wildman–Crippen MR) is 42.8 cm³/mol. The van der Waals surface area contributed by atoms with E-state index in [0.717, 1.165) is 17.9 Å². The normalized spacial score (nSPS) is 35.8. The van der Waals surface area contributed by atoms with Crippen molar-refractivity contribution >= 4 is 0 Å². The van der Waals surface area contributed by atoms with Gasteiger partial charge in [0.15, 0.2) is 0 Å². The Morgan fingerprint density at radius 3 is 2.90 bits per heavy atom. The van der Waals surface area contributed by atoms with Crippen molar-refractivity contribution in [2.75, 3.05) is 13.1 Å². The second-order valence-electron chi connectivity index (χ2n) is 3.83. The lowest BCUT2D eigenvalue weighted by Gasteiger charge is -2.27. The first-order valence-electron chi connectivity index (χ1n) is 4.18. The molecule has 1 saturated carbocycles. The zero-order chi connectivity index (χ0) is 7.03. The monoisotopic (exact) mass is 137 g/mol. The molecule has 1 unspecified atom stereocenters. The average Bonchev–Trinajstić information content (AvgIpc) is 2.70. The Balaban J connectivity index is 1.97. The Morgan fingerprint density at radius 1 is 1.50 bits per heavy atom. The smallest absolute Gasteiger partial charge is 0.00145 e. The summed E-state index contributed by atoms with van der Waals surface area (Å²) in [6.07, 6.45) is 6.39. The maximum atomic E-state index is 3.84. The zero-order valence-corrected chi connectivity index (χ0v) is 6.40. The maximum absolute atomic E-state index is 3.84. The van der Waals surface area contributed by atoms with E-state index < -0.39 is 0 Å². The molecule has 1 atom stereocenters. The van der Waals surface area contributed by atoms with Gasteiger partial charge in [-0.2, -0.15) is 0 Å². The molecule has 1 aliphatic carbocycles. The minimum Gasteiger partial charge on any atom is -0.316 e. The fourth-order valence-electron chi connectivity index (χ4n) is 1.95. The quantitative estimate of drug-likeness (QED) is 0.541. The van der Waals surface area contributed by atoms with Crippen LogP contribution in [0.3, 0.4) is 0 Å². The Morgan fingerprint density at radius 2 is 2.30 bits per heavy atom. The lowest BCUT2D eigenvalue weighted by Crippen LogP contribution is -2.36. The second kappa shape index (κ2) is 2.09. The standard InChI is InChI=1S/C9H15N/c1-2-8-5-9(3-4-9)7-10-6-8/h2,8,10H,1,3-7H2. The summed E-state index contributed by atoms with van der Waals surface area (Å²) >= 11 is 0. The van der Waals surface area contributed by atoms with Gasteiger partial charge in [0.2, 0.25) is 0 Å². The van der Waals surface area contributed by atoms with E-state index in [-0.39, 0.29) is 0 Å². The van der Waals surface area contributed by atoms with Crippen molar-refractivity contribution in [1.29, 1.82) is 0 Å². The Bertz CT molecular complexity index is 147. The van der Waals surface area contributed by atoms with Crippen molar-refractivity contribution in [3.8, 4) is 0 Å². The third-order valence-corrected chi connectivity index (χ3v) is 2.89. The van der Waals surface area contributed by atoms with E-state index in [1.54, 1.807) is 0 Å². The number of hydrogen-bond acceptors (Lipinski definition) is 1. The SMILES string of the molecule is C=CC1CNCC2(CC2)C1. The molecular formula is C9H15N. The van der Waals surface area contributed by atoms with Crippen molar-refractivity contribution in [3.63, 3.8) is 0 Å². The van der Waals surface area contributed by atoms with Crippen molar-refractivity contribution in [3.05, 3.63) is 12.7 Å². The van der Waals surface area contributed by atoms with Crippen LogP contribution in [-0.4, -0.2) is 13.1 Å². The van der Waals surface area contributed by atoms with Crippen LogP contribution in [0.4, 0.5) is 0 Å². The Kier molecular flexibility index (Phi) is 1.34. The van der Waals surface area contributed by atoms with Gasteiger partial charge in [-0.1, -0.05) is 6.08 Å². The molecule has 0 radical (unpaired) electrons. The van der Waals surface area contributed by atoms with Gasteiger partial charge >= 0.3 is 0 Å². The van der Waals surface area contributed by atoms with Crippen LogP contribution >= 0.6 is 0 Å². The first-order valence-corrected chi connectivity index (χ1v) is 4.18. The molecule has 2 fully saturated rings. The lowest BCUT2D eigenvalue weighted by molar-refractivity contribution is 0.305. The van der Waals surface area contributed by atoms with Gasteiger partial charge in [-0.3, -0.25) is 0 Å². The molecule has 1 spiro atoms. The summed E-state index contributed by atoms with van der Waals surface area (Å²) in [5, 5.41) is 3.47. The molecule has 0 aromatic rings. The highest BCUT2D eigenvalue weighted by atomic mass is 14.9. The van der Waals surface area contributed by atoms with Gasteiger partial charge in [-0.15, -0.1) is 6.58 Å². The first kappa shape index (κ1) is 6.41. The van der Waals surface area contributed by atoms with Crippen molar-refractivity contribution in [2.24, 2.45) is 11.3 Å². The van der Waals surface area contributed by atoms with Crippen molar-refractivity contribution in [1.82, 2.24) is 5.32 Å². The summed E-state index contributed by atoms with van der Waals surface area (Å²) in [6.45, 7) is 6.26. The van der Waals surface area contributed by atoms with Crippen LogP contribution in [-0.2, 0) is 0 Å². The van der Waals surface area contributed by atoms with Gasteiger partial charge in [0.05, 0.1) is 0 Å². The fourth-order valence-corrected chi connectivity index (χ4v) is 1.95. The summed E-state index contributed by atoms with van der Waals surface area (Å²) in [5.41, 5.74) is 0.719. The number of piperidine rings is 1. The molecule has 0 bridgehead atoms. The van der Waals surface area contributed by atoms with Gasteiger partial charge < -0.3 is 5.32 Å². The van der Waals surface area contributed by atoms with E-state index in [4.69, 9.17) is 0 Å². The van der Waals surface area contributed by atoms with Crippen molar-refractivity contribution < 1.29 is 0 Å². The summed E-state index contributed by atoms with van der Waals surface area (Å²) in [6, 6.07) is 0. The van der Waals surface area contributed by atoms with Gasteiger partial charge in [0, 0.05) is 13.1 Å². The minimum absolute atomic E-state index is 0.719. The zero-order valence-electron chi connectivity index (χ0n) is 6.40. The molecule has 10 heavy (non-hydrogen) atoms. The van der Waals surface area contributed by atoms with Crippen LogP contribution < -0.4 is 5.32 Å². The minimum atomic E-state index is 0.719. The number of rotatable bonds is 1.